The third kappa shape index (κ3) is 3.75. The SMILES string of the molecule is CCC(C)(C)CNS(=O)(=O)c1cccc(F)c1C#N. The van der Waals surface area contributed by atoms with E-state index in [2.05, 4.69) is 4.72 Å². The number of rotatable bonds is 5. The first-order valence-electron chi connectivity index (χ1n) is 5.92. The number of benzene rings is 1. The summed E-state index contributed by atoms with van der Waals surface area (Å²) in [5.74, 6) is -0.833. The molecule has 0 saturated heterocycles. The van der Waals surface area contributed by atoms with Crippen LogP contribution in [-0.4, -0.2) is 15.0 Å². The highest BCUT2D eigenvalue weighted by atomic mass is 32.2. The zero-order valence-corrected chi connectivity index (χ0v) is 12.0. The zero-order valence-electron chi connectivity index (χ0n) is 11.2. The van der Waals surface area contributed by atoms with Gasteiger partial charge in [0, 0.05) is 6.54 Å². The molecular formula is C13H17FN2O2S. The first-order valence-corrected chi connectivity index (χ1v) is 7.40. The summed E-state index contributed by atoms with van der Waals surface area (Å²) >= 11 is 0. The Kier molecular flexibility index (Phi) is 4.66. The highest BCUT2D eigenvalue weighted by molar-refractivity contribution is 7.89. The third-order valence-corrected chi connectivity index (χ3v) is 4.52. The van der Waals surface area contributed by atoms with Crippen molar-refractivity contribution >= 4 is 10.0 Å². The van der Waals surface area contributed by atoms with Crippen molar-refractivity contribution < 1.29 is 12.8 Å². The third-order valence-electron chi connectivity index (χ3n) is 3.07. The van der Waals surface area contributed by atoms with Gasteiger partial charge in [-0.2, -0.15) is 5.26 Å². The van der Waals surface area contributed by atoms with Gasteiger partial charge in [-0.1, -0.05) is 26.8 Å². The van der Waals surface area contributed by atoms with Crippen LogP contribution in [-0.2, 0) is 10.0 Å². The van der Waals surface area contributed by atoms with Gasteiger partial charge in [-0.25, -0.2) is 17.5 Å². The van der Waals surface area contributed by atoms with Gasteiger partial charge in [-0.3, -0.25) is 0 Å². The molecule has 0 atom stereocenters. The largest absolute Gasteiger partial charge is 0.242 e. The lowest BCUT2D eigenvalue weighted by Crippen LogP contribution is -2.34. The molecule has 104 valence electrons. The topological polar surface area (TPSA) is 70.0 Å². The minimum absolute atomic E-state index is 0.201. The number of hydrogen-bond donors (Lipinski definition) is 1. The van der Waals surface area contributed by atoms with Gasteiger partial charge in [-0.05, 0) is 24.0 Å². The Labute approximate surface area is 113 Å². The molecule has 0 aromatic heterocycles. The van der Waals surface area contributed by atoms with E-state index in [1.165, 1.54) is 12.1 Å². The van der Waals surface area contributed by atoms with E-state index in [0.717, 1.165) is 12.5 Å². The molecule has 1 rings (SSSR count). The Balaban J connectivity index is 3.10. The fourth-order valence-corrected chi connectivity index (χ4v) is 2.74. The fraction of sp³-hybridized carbons (Fsp3) is 0.462. The molecule has 0 aliphatic heterocycles. The quantitative estimate of drug-likeness (QED) is 0.902. The second-order valence-corrected chi connectivity index (χ2v) is 6.80. The van der Waals surface area contributed by atoms with Crippen LogP contribution in [0.2, 0.25) is 0 Å². The van der Waals surface area contributed by atoms with Crippen LogP contribution in [0.15, 0.2) is 23.1 Å². The molecule has 0 saturated carbocycles. The van der Waals surface area contributed by atoms with E-state index in [0.29, 0.717) is 0 Å². The van der Waals surface area contributed by atoms with Gasteiger partial charge >= 0.3 is 0 Å². The van der Waals surface area contributed by atoms with Crippen LogP contribution in [0.5, 0.6) is 0 Å². The van der Waals surface area contributed by atoms with Crippen molar-refractivity contribution in [3.63, 3.8) is 0 Å². The monoisotopic (exact) mass is 284 g/mol. The standard InChI is InChI=1S/C13H17FN2O2S/c1-4-13(2,3)9-16-19(17,18)12-7-5-6-11(14)10(12)8-15/h5-7,16H,4,9H2,1-3H3. The van der Waals surface area contributed by atoms with E-state index in [1.807, 2.05) is 20.8 Å². The van der Waals surface area contributed by atoms with Gasteiger partial charge in [-0.15, -0.1) is 0 Å². The van der Waals surface area contributed by atoms with Crippen molar-refractivity contribution in [2.75, 3.05) is 6.54 Å². The van der Waals surface area contributed by atoms with Crippen LogP contribution in [0.1, 0.15) is 32.8 Å². The second-order valence-electron chi connectivity index (χ2n) is 5.07. The molecule has 0 aliphatic carbocycles. The van der Waals surface area contributed by atoms with Crippen LogP contribution in [0.4, 0.5) is 4.39 Å². The molecule has 0 unspecified atom stereocenters. The van der Waals surface area contributed by atoms with Crippen molar-refractivity contribution in [2.45, 2.75) is 32.1 Å². The fourth-order valence-electron chi connectivity index (χ4n) is 1.33. The lowest BCUT2D eigenvalue weighted by atomic mass is 9.91. The van der Waals surface area contributed by atoms with Gasteiger partial charge in [0.15, 0.2) is 0 Å². The van der Waals surface area contributed by atoms with Crippen molar-refractivity contribution in [1.82, 2.24) is 4.72 Å². The highest BCUT2D eigenvalue weighted by Gasteiger charge is 2.24. The van der Waals surface area contributed by atoms with Gasteiger partial charge < -0.3 is 0 Å². The first-order chi connectivity index (χ1) is 8.73. The molecule has 1 aromatic rings. The Bertz CT molecular complexity index is 604. The van der Waals surface area contributed by atoms with Gasteiger partial charge in [0.05, 0.1) is 0 Å². The van der Waals surface area contributed by atoms with Crippen LogP contribution < -0.4 is 4.72 Å². The summed E-state index contributed by atoms with van der Waals surface area (Å²) in [5.41, 5.74) is -0.656. The van der Waals surface area contributed by atoms with Crippen molar-refractivity contribution in [2.24, 2.45) is 5.41 Å². The average molecular weight is 284 g/mol. The normalized spacial score (nSPS) is 12.2. The molecule has 0 aliphatic rings. The lowest BCUT2D eigenvalue weighted by Gasteiger charge is -2.22. The van der Waals surface area contributed by atoms with E-state index in [-0.39, 0.29) is 16.9 Å². The molecule has 6 heteroatoms. The molecule has 0 spiro atoms. The summed E-state index contributed by atoms with van der Waals surface area (Å²) in [7, 11) is -3.88. The number of sulfonamides is 1. The Morgan fingerprint density at radius 2 is 2.05 bits per heavy atom. The molecule has 19 heavy (non-hydrogen) atoms. The molecule has 0 radical (unpaired) electrons. The van der Waals surface area contributed by atoms with Gasteiger partial charge in [0.2, 0.25) is 10.0 Å². The smallest absolute Gasteiger partial charge is 0.211 e. The number of nitrogens with one attached hydrogen (secondary N) is 1. The number of halogens is 1. The van der Waals surface area contributed by atoms with Crippen molar-refractivity contribution in [3.8, 4) is 6.07 Å². The van der Waals surface area contributed by atoms with Crippen LogP contribution in [0, 0.1) is 22.6 Å². The predicted molar refractivity (Wildman–Crippen MR) is 70.4 cm³/mol. The molecule has 0 bridgehead atoms. The van der Waals surface area contributed by atoms with Gasteiger partial charge in [0.1, 0.15) is 22.3 Å². The molecule has 0 heterocycles. The second kappa shape index (κ2) is 5.68. The van der Waals surface area contributed by atoms with Crippen LogP contribution in [0.3, 0.4) is 0 Å². The van der Waals surface area contributed by atoms with E-state index in [1.54, 1.807) is 6.07 Å². The molecule has 0 fully saturated rings. The summed E-state index contributed by atoms with van der Waals surface area (Å²) in [6, 6.07) is 5.15. The molecule has 1 N–H and O–H groups in total. The lowest BCUT2D eigenvalue weighted by molar-refractivity contribution is 0.350. The zero-order chi connectivity index (χ0) is 14.7. The Hall–Kier alpha value is -1.45. The van der Waals surface area contributed by atoms with Gasteiger partial charge in [0.25, 0.3) is 0 Å². The summed E-state index contributed by atoms with van der Waals surface area (Å²) in [6.07, 6.45) is 0.795. The van der Waals surface area contributed by atoms with E-state index >= 15 is 0 Å². The minimum Gasteiger partial charge on any atom is -0.211 e. The van der Waals surface area contributed by atoms with Crippen LogP contribution >= 0.6 is 0 Å². The maximum absolute atomic E-state index is 13.4. The summed E-state index contributed by atoms with van der Waals surface area (Å²) in [4.78, 5) is -0.318. The van der Waals surface area contributed by atoms with E-state index < -0.39 is 21.4 Å². The first kappa shape index (κ1) is 15.6. The summed E-state index contributed by atoms with van der Waals surface area (Å²) < 4.78 is 40.0. The number of nitrogens with zero attached hydrogens (tertiary/aromatic N) is 1. The molecule has 1 aromatic carbocycles. The summed E-state index contributed by atoms with van der Waals surface area (Å²) in [6.45, 7) is 6.03. The Morgan fingerprint density at radius 3 is 2.58 bits per heavy atom. The van der Waals surface area contributed by atoms with Crippen LogP contribution in [0.25, 0.3) is 0 Å². The average Bonchev–Trinajstić information content (AvgIpc) is 2.36. The van der Waals surface area contributed by atoms with E-state index in [9.17, 15) is 12.8 Å². The maximum Gasteiger partial charge on any atom is 0.242 e. The van der Waals surface area contributed by atoms with Crippen molar-refractivity contribution in [3.05, 3.63) is 29.6 Å². The van der Waals surface area contributed by atoms with E-state index in [4.69, 9.17) is 5.26 Å². The minimum atomic E-state index is -3.88. The predicted octanol–water partition coefficient (Wildman–Crippen LogP) is 2.41. The number of hydrogen-bond acceptors (Lipinski definition) is 3. The Morgan fingerprint density at radius 1 is 1.42 bits per heavy atom. The maximum atomic E-state index is 13.4. The number of nitriles is 1. The highest BCUT2D eigenvalue weighted by Crippen LogP contribution is 2.21. The molecule has 0 amide bonds. The summed E-state index contributed by atoms with van der Waals surface area (Å²) in [5, 5.41) is 8.85. The molecular weight excluding hydrogens is 267 g/mol. The van der Waals surface area contributed by atoms with Crippen molar-refractivity contribution in [1.29, 1.82) is 5.26 Å². The molecule has 4 nitrogen and oxygen atoms in total.